The zero-order valence-electron chi connectivity index (χ0n) is 15.1. The number of thiophene rings is 1. The van der Waals surface area contributed by atoms with Gasteiger partial charge in [-0.05, 0) is 36.5 Å². The Hall–Kier alpha value is -1.76. The highest BCUT2D eigenvalue weighted by Crippen LogP contribution is 2.45. The van der Waals surface area contributed by atoms with Crippen LogP contribution in [0.4, 0.5) is 0 Å². The molecule has 5 nitrogen and oxygen atoms in total. The maximum absolute atomic E-state index is 5.77. The molecule has 1 saturated heterocycles. The van der Waals surface area contributed by atoms with Crippen molar-refractivity contribution < 1.29 is 14.2 Å². The molecule has 0 amide bonds. The van der Waals surface area contributed by atoms with Crippen molar-refractivity contribution in [2.45, 2.75) is 12.5 Å². The van der Waals surface area contributed by atoms with Crippen LogP contribution in [0.2, 0.25) is 0 Å². The summed E-state index contributed by atoms with van der Waals surface area (Å²) < 4.78 is 16.8. The quantitative estimate of drug-likeness (QED) is 0.855. The number of benzene rings is 1. The van der Waals surface area contributed by atoms with Crippen LogP contribution >= 0.6 is 11.3 Å². The predicted molar refractivity (Wildman–Crippen MR) is 101 cm³/mol. The molecule has 1 aliphatic heterocycles. The number of nitrogens with zero attached hydrogens (tertiary/aromatic N) is 1. The summed E-state index contributed by atoms with van der Waals surface area (Å²) in [7, 11) is 4.99. The van der Waals surface area contributed by atoms with Crippen molar-refractivity contribution in [3.63, 3.8) is 0 Å². The predicted octanol–water partition coefficient (Wildman–Crippen LogP) is 3.16. The Morgan fingerprint density at radius 2 is 1.84 bits per heavy atom. The summed E-state index contributed by atoms with van der Waals surface area (Å²) in [5.74, 6) is 2.08. The number of hydrogen-bond donors (Lipinski definition) is 1. The van der Waals surface area contributed by atoms with Crippen LogP contribution < -0.4 is 19.5 Å². The fourth-order valence-electron chi connectivity index (χ4n) is 3.44. The monoisotopic (exact) mass is 362 g/mol. The van der Waals surface area contributed by atoms with Crippen LogP contribution in [-0.2, 0) is 0 Å². The Balaban J connectivity index is 2.09. The van der Waals surface area contributed by atoms with E-state index in [9.17, 15) is 0 Å². The van der Waals surface area contributed by atoms with E-state index in [0.29, 0.717) is 11.5 Å². The van der Waals surface area contributed by atoms with Gasteiger partial charge in [-0.3, -0.25) is 4.90 Å². The van der Waals surface area contributed by atoms with Crippen LogP contribution in [0.3, 0.4) is 0 Å². The highest BCUT2D eigenvalue weighted by molar-refractivity contribution is 7.10. The van der Waals surface area contributed by atoms with Crippen molar-refractivity contribution in [1.82, 2.24) is 10.2 Å². The van der Waals surface area contributed by atoms with Gasteiger partial charge in [-0.1, -0.05) is 6.07 Å². The van der Waals surface area contributed by atoms with E-state index in [4.69, 9.17) is 14.2 Å². The minimum atomic E-state index is 0.148. The summed E-state index contributed by atoms with van der Waals surface area (Å²) >= 11 is 1.78. The van der Waals surface area contributed by atoms with Gasteiger partial charge in [0, 0.05) is 30.1 Å². The summed E-state index contributed by atoms with van der Waals surface area (Å²) in [4.78, 5) is 3.84. The number of hydrogen-bond acceptors (Lipinski definition) is 6. The van der Waals surface area contributed by atoms with Gasteiger partial charge in [0.1, 0.15) is 0 Å². The van der Waals surface area contributed by atoms with E-state index in [1.807, 2.05) is 6.07 Å². The molecule has 2 aromatic rings. The lowest BCUT2D eigenvalue weighted by atomic mass is 10.0. The second kappa shape index (κ2) is 8.56. The van der Waals surface area contributed by atoms with Crippen LogP contribution in [0.5, 0.6) is 17.2 Å². The Morgan fingerprint density at radius 3 is 2.52 bits per heavy atom. The maximum Gasteiger partial charge on any atom is 0.203 e. The fraction of sp³-hybridized carbons (Fsp3) is 0.474. The van der Waals surface area contributed by atoms with Crippen LogP contribution in [0, 0.1) is 0 Å². The maximum atomic E-state index is 5.77. The zero-order valence-corrected chi connectivity index (χ0v) is 15.9. The molecular weight excluding hydrogens is 336 g/mol. The Morgan fingerprint density at radius 1 is 1.00 bits per heavy atom. The molecule has 1 fully saturated rings. The lowest BCUT2D eigenvalue weighted by Crippen LogP contribution is -2.32. The molecule has 3 rings (SSSR count). The average Bonchev–Trinajstić information content (AvgIpc) is 3.04. The lowest BCUT2D eigenvalue weighted by Gasteiger charge is -2.31. The number of rotatable bonds is 6. The van der Waals surface area contributed by atoms with Gasteiger partial charge in [-0.25, -0.2) is 0 Å². The number of methoxy groups -OCH3 is 3. The molecule has 6 heteroatoms. The molecule has 25 heavy (non-hydrogen) atoms. The number of ether oxygens (including phenoxy) is 3. The van der Waals surface area contributed by atoms with Crippen LogP contribution in [0.25, 0.3) is 0 Å². The average molecular weight is 362 g/mol. The van der Waals surface area contributed by atoms with E-state index >= 15 is 0 Å². The molecule has 0 saturated carbocycles. The van der Waals surface area contributed by atoms with Crippen molar-refractivity contribution in [3.05, 3.63) is 40.1 Å². The van der Waals surface area contributed by atoms with Gasteiger partial charge in [0.25, 0.3) is 0 Å². The van der Waals surface area contributed by atoms with Crippen LogP contribution in [-0.4, -0.2) is 52.4 Å². The normalized spacial score (nSPS) is 16.9. The van der Waals surface area contributed by atoms with Crippen LogP contribution in [0.15, 0.2) is 29.6 Å². The second-order valence-electron chi connectivity index (χ2n) is 5.98. The largest absolute Gasteiger partial charge is 0.493 e. The third kappa shape index (κ3) is 3.76. The Kier molecular flexibility index (Phi) is 6.18. The zero-order chi connectivity index (χ0) is 17.6. The first-order valence-electron chi connectivity index (χ1n) is 8.57. The lowest BCUT2D eigenvalue weighted by molar-refractivity contribution is 0.236. The topological polar surface area (TPSA) is 43.0 Å². The van der Waals surface area contributed by atoms with Crippen molar-refractivity contribution in [1.29, 1.82) is 0 Å². The first kappa shape index (κ1) is 18.0. The van der Waals surface area contributed by atoms with Gasteiger partial charge in [0.15, 0.2) is 11.5 Å². The molecule has 1 unspecified atom stereocenters. The smallest absolute Gasteiger partial charge is 0.203 e. The highest BCUT2D eigenvalue weighted by atomic mass is 32.1. The molecular formula is C19H26N2O3S. The molecule has 1 aliphatic rings. The molecule has 0 radical (unpaired) electrons. The van der Waals surface area contributed by atoms with Crippen molar-refractivity contribution in [3.8, 4) is 17.2 Å². The van der Waals surface area contributed by atoms with E-state index in [-0.39, 0.29) is 6.04 Å². The van der Waals surface area contributed by atoms with E-state index in [1.165, 1.54) is 4.88 Å². The van der Waals surface area contributed by atoms with E-state index in [0.717, 1.165) is 43.9 Å². The van der Waals surface area contributed by atoms with E-state index < -0.39 is 0 Å². The van der Waals surface area contributed by atoms with Crippen molar-refractivity contribution in [2.75, 3.05) is 47.5 Å². The first-order chi connectivity index (χ1) is 12.3. The van der Waals surface area contributed by atoms with Gasteiger partial charge in [0.2, 0.25) is 5.75 Å². The highest BCUT2D eigenvalue weighted by Gasteiger charge is 2.29. The third-order valence-electron chi connectivity index (χ3n) is 4.58. The Labute approximate surface area is 153 Å². The van der Waals surface area contributed by atoms with Gasteiger partial charge in [-0.2, -0.15) is 0 Å². The standard InChI is InChI=1S/C19H26N2O3S/c1-22-15-8-7-14(18(23-2)19(15)24-3)17(16-6-4-13-25-16)21-11-5-9-20-10-12-21/h4,6-8,13,17,20H,5,9-12H2,1-3H3. The minimum Gasteiger partial charge on any atom is -0.493 e. The van der Waals surface area contributed by atoms with E-state index in [2.05, 4.69) is 33.8 Å². The molecule has 0 bridgehead atoms. The summed E-state index contributed by atoms with van der Waals surface area (Å²) in [6, 6.07) is 8.52. The molecule has 136 valence electrons. The van der Waals surface area contributed by atoms with E-state index in [1.54, 1.807) is 32.7 Å². The molecule has 0 aliphatic carbocycles. The second-order valence-corrected chi connectivity index (χ2v) is 6.96. The van der Waals surface area contributed by atoms with Gasteiger partial charge in [-0.15, -0.1) is 11.3 Å². The summed E-state index contributed by atoms with van der Waals surface area (Å²) in [6.07, 6.45) is 1.14. The summed E-state index contributed by atoms with van der Waals surface area (Å²) in [5.41, 5.74) is 1.12. The SMILES string of the molecule is COc1ccc(C(c2cccs2)N2CCCNCC2)c(OC)c1OC. The molecule has 1 atom stereocenters. The van der Waals surface area contributed by atoms with Crippen LogP contribution in [0.1, 0.15) is 22.9 Å². The molecule has 1 aromatic heterocycles. The molecule has 2 heterocycles. The third-order valence-corrected chi connectivity index (χ3v) is 5.51. The Bertz CT molecular complexity index is 668. The first-order valence-corrected chi connectivity index (χ1v) is 9.45. The summed E-state index contributed by atoms with van der Waals surface area (Å²) in [6.45, 7) is 4.11. The molecule has 0 spiro atoms. The molecule has 1 aromatic carbocycles. The van der Waals surface area contributed by atoms with Gasteiger partial charge < -0.3 is 19.5 Å². The van der Waals surface area contributed by atoms with Crippen molar-refractivity contribution in [2.24, 2.45) is 0 Å². The molecule has 1 N–H and O–H groups in total. The minimum absolute atomic E-state index is 0.148. The number of nitrogens with one attached hydrogen (secondary N) is 1. The fourth-order valence-corrected chi connectivity index (χ4v) is 4.32. The summed E-state index contributed by atoms with van der Waals surface area (Å²) in [5, 5.41) is 5.61. The van der Waals surface area contributed by atoms with Gasteiger partial charge in [0.05, 0.1) is 27.4 Å². The van der Waals surface area contributed by atoms with Gasteiger partial charge >= 0.3 is 0 Å². The van der Waals surface area contributed by atoms with Crippen molar-refractivity contribution >= 4 is 11.3 Å².